The van der Waals surface area contributed by atoms with Crippen LogP contribution in [0.3, 0.4) is 0 Å². The highest BCUT2D eigenvalue weighted by atomic mass is 35.5. The maximum atomic E-state index is 11.8. The molecule has 0 spiro atoms. The van der Waals surface area contributed by atoms with E-state index in [-0.39, 0.29) is 0 Å². The van der Waals surface area contributed by atoms with Gasteiger partial charge in [-0.3, -0.25) is 0 Å². The van der Waals surface area contributed by atoms with Gasteiger partial charge in [0.2, 0.25) is 0 Å². The van der Waals surface area contributed by atoms with Crippen LogP contribution in [0, 0.1) is 6.92 Å². The Morgan fingerprint density at radius 2 is 1.95 bits per heavy atom. The lowest BCUT2D eigenvalue weighted by Gasteiger charge is -2.08. The van der Waals surface area contributed by atoms with E-state index in [1.807, 2.05) is 47.7 Å². The molecule has 3 aromatic rings. The molecule has 4 nitrogen and oxygen atoms in total. The highest BCUT2D eigenvalue weighted by molar-refractivity contribution is 6.30. The third kappa shape index (κ3) is 2.57. The summed E-state index contributed by atoms with van der Waals surface area (Å²) in [5.41, 5.74) is 4.17. The van der Waals surface area contributed by atoms with Crippen LogP contribution in [0.4, 0.5) is 0 Å². The van der Waals surface area contributed by atoms with Gasteiger partial charge in [0, 0.05) is 22.5 Å². The number of carbonyl (C=O) groups excluding carboxylic acids is 1. The fourth-order valence-corrected chi connectivity index (χ4v) is 2.55. The molecular formula is C17H15ClN2O2. The summed E-state index contributed by atoms with van der Waals surface area (Å²) >= 11 is 5.94. The van der Waals surface area contributed by atoms with Crippen molar-refractivity contribution in [3.8, 4) is 11.1 Å². The van der Waals surface area contributed by atoms with Crippen LogP contribution in [0.15, 0.2) is 42.6 Å². The topological polar surface area (TPSA) is 43.6 Å². The zero-order valence-corrected chi connectivity index (χ0v) is 13.1. The quantitative estimate of drug-likeness (QED) is 0.682. The molecule has 112 valence electrons. The van der Waals surface area contributed by atoms with Crippen LogP contribution in [0.5, 0.6) is 0 Å². The summed E-state index contributed by atoms with van der Waals surface area (Å²) in [6.07, 6.45) is 1.71. The molecule has 0 amide bonds. The average molecular weight is 315 g/mol. The number of hydrogen-bond acceptors (Lipinski definition) is 3. The van der Waals surface area contributed by atoms with Crippen molar-refractivity contribution in [1.82, 2.24) is 9.38 Å². The zero-order valence-electron chi connectivity index (χ0n) is 12.3. The minimum Gasteiger partial charge on any atom is -0.461 e. The van der Waals surface area contributed by atoms with E-state index in [1.54, 1.807) is 13.1 Å². The van der Waals surface area contributed by atoms with Crippen molar-refractivity contribution in [2.24, 2.45) is 0 Å². The van der Waals surface area contributed by atoms with E-state index in [9.17, 15) is 4.79 Å². The Bertz CT molecular complexity index is 838. The number of pyridine rings is 1. The highest BCUT2D eigenvalue weighted by Gasteiger charge is 2.14. The summed E-state index contributed by atoms with van der Waals surface area (Å²) < 4.78 is 6.89. The van der Waals surface area contributed by atoms with Gasteiger partial charge < -0.3 is 9.14 Å². The first-order chi connectivity index (χ1) is 10.6. The average Bonchev–Trinajstić information content (AvgIpc) is 2.94. The Morgan fingerprint density at radius 3 is 2.64 bits per heavy atom. The normalized spacial score (nSPS) is 10.9. The Kier molecular flexibility index (Phi) is 3.86. The molecule has 0 aliphatic carbocycles. The van der Waals surface area contributed by atoms with E-state index in [2.05, 4.69) is 4.98 Å². The van der Waals surface area contributed by atoms with Gasteiger partial charge >= 0.3 is 5.97 Å². The predicted octanol–water partition coefficient (Wildman–Crippen LogP) is 4.14. The molecule has 3 rings (SSSR count). The maximum absolute atomic E-state index is 11.8. The monoisotopic (exact) mass is 314 g/mol. The smallest absolute Gasteiger partial charge is 0.358 e. The molecule has 0 N–H and O–H groups in total. The number of rotatable bonds is 3. The number of halogens is 1. The van der Waals surface area contributed by atoms with Crippen molar-refractivity contribution >= 4 is 23.2 Å². The van der Waals surface area contributed by atoms with Crippen molar-refractivity contribution in [2.45, 2.75) is 13.8 Å². The van der Waals surface area contributed by atoms with E-state index in [0.717, 1.165) is 22.5 Å². The Labute approximate surface area is 133 Å². The number of nitrogens with zero attached hydrogens (tertiary/aromatic N) is 2. The summed E-state index contributed by atoms with van der Waals surface area (Å²) in [7, 11) is 0. The SMILES string of the molecule is CCOC(=O)c1cn2c(C)c(-c3ccc(Cl)cc3)ccc2n1. The number of benzene rings is 1. The fourth-order valence-electron chi connectivity index (χ4n) is 2.43. The molecule has 2 heterocycles. The first kappa shape index (κ1) is 14.6. The molecule has 5 heteroatoms. The summed E-state index contributed by atoms with van der Waals surface area (Å²) in [6, 6.07) is 11.5. The number of fused-ring (bicyclic) bond motifs is 1. The summed E-state index contributed by atoms with van der Waals surface area (Å²) in [5.74, 6) is -0.404. The zero-order chi connectivity index (χ0) is 15.7. The lowest BCUT2D eigenvalue weighted by Crippen LogP contribution is -2.04. The van der Waals surface area contributed by atoms with Crippen LogP contribution in [-0.4, -0.2) is 22.0 Å². The van der Waals surface area contributed by atoms with Crippen molar-refractivity contribution < 1.29 is 9.53 Å². The molecule has 0 fully saturated rings. The minimum absolute atomic E-state index is 0.318. The third-order valence-electron chi connectivity index (χ3n) is 3.52. The van der Waals surface area contributed by atoms with Gasteiger partial charge in [-0.15, -0.1) is 0 Å². The Hall–Kier alpha value is -2.33. The molecule has 0 radical (unpaired) electrons. The number of esters is 1. The van der Waals surface area contributed by atoms with Crippen LogP contribution in [0.25, 0.3) is 16.8 Å². The third-order valence-corrected chi connectivity index (χ3v) is 3.78. The second-order valence-electron chi connectivity index (χ2n) is 4.91. The molecule has 1 aromatic carbocycles. The van der Waals surface area contributed by atoms with E-state index in [0.29, 0.717) is 17.3 Å². The van der Waals surface area contributed by atoms with Crippen molar-refractivity contribution in [3.05, 3.63) is 59.0 Å². The second-order valence-corrected chi connectivity index (χ2v) is 5.35. The Balaban J connectivity index is 2.09. The standard InChI is InChI=1S/C17H15ClN2O2/c1-3-22-17(21)15-10-20-11(2)14(8-9-16(20)19-15)12-4-6-13(18)7-5-12/h4-10H,3H2,1-2H3. The Morgan fingerprint density at radius 1 is 1.23 bits per heavy atom. The molecule has 0 aliphatic rings. The summed E-state index contributed by atoms with van der Waals surface area (Å²) in [6.45, 7) is 4.10. The summed E-state index contributed by atoms with van der Waals surface area (Å²) in [4.78, 5) is 16.1. The van der Waals surface area contributed by atoms with E-state index in [1.165, 1.54) is 0 Å². The van der Waals surface area contributed by atoms with Gasteiger partial charge in [0.15, 0.2) is 5.69 Å². The van der Waals surface area contributed by atoms with Gasteiger partial charge in [0.25, 0.3) is 0 Å². The molecule has 0 saturated heterocycles. The molecule has 0 aliphatic heterocycles. The van der Waals surface area contributed by atoms with Crippen LogP contribution in [0.2, 0.25) is 5.02 Å². The molecular weight excluding hydrogens is 300 g/mol. The highest BCUT2D eigenvalue weighted by Crippen LogP contribution is 2.26. The molecule has 0 saturated carbocycles. The van der Waals surface area contributed by atoms with Gasteiger partial charge in [-0.25, -0.2) is 9.78 Å². The van der Waals surface area contributed by atoms with E-state index < -0.39 is 5.97 Å². The van der Waals surface area contributed by atoms with E-state index in [4.69, 9.17) is 16.3 Å². The van der Waals surface area contributed by atoms with Gasteiger partial charge in [-0.2, -0.15) is 0 Å². The first-order valence-corrected chi connectivity index (χ1v) is 7.39. The van der Waals surface area contributed by atoms with Gasteiger partial charge in [-0.1, -0.05) is 23.7 Å². The number of hydrogen-bond donors (Lipinski definition) is 0. The van der Waals surface area contributed by atoms with Crippen LogP contribution < -0.4 is 0 Å². The van der Waals surface area contributed by atoms with Crippen molar-refractivity contribution in [2.75, 3.05) is 6.61 Å². The molecule has 22 heavy (non-hydrogen) atoms. The lowest BCUT2D eigenvalue weighted by atomic mass is 10.0. The van der Waals surface area contributed by atoms with Gasteiger partial charge in [-0.05, 0) is 43.7 Å². The molecule has 0 unspecified atom stereocenters. The fraction of sp³-hybridized carbons (Fsp3) is 0.176. The number of ether oxygens (including phenoxy) is 1. The number of aryl methyl sites for hydroxylation is 1. The molecule has 2 aromatic heterocycles. The minimum atomic E-state index is -0.404. The predicted molar refractivity (Wildman–Crippen MR) is 86.3 cm³/mol. The van der Waals surface area contributed by atoms with Crippen molar-refractivity contribution in [3.63, 3.8) is 0 Å². The molecule has 0 bridgehead atoms. The second kappa shape index (κ2) is 5.81. The number of imidazole rings is 1. The van der Waals surface area contributed by atoms with Crippen LogP contribution in [0.1, 0.15) is 23.1 Å². The van der Waals surface area contributed by atoms with Crippen molar-refractivity contribution in [1.29, 1.82) is 0 Å². The largest absolute Gasteiger partial charge is 0.461 e. The van der Waals surface area contributed by atoms with Crippen LogP contribution in [-0.2, 0) is 4.74 Å². The van der Waals surface area contributed by atoms with Gasteiger partial charge in [0.05, 0.1) is 6.61 Å². The maximum Gasteiger partial charge on any atom is 0.358 e. The van der Waals surface area contributed by atoms with Gasteiger partial charge in [0.1, 0.15) is 5.65 Å². The lowest BCUT2D eigenvalue weighted by molar-refractivity contribution is 0.0520. The number of carbonyl (C=O) groups is 1. The molecule has 0 atom stereocenters. The van der Waals surface area contributed by atoms with E-state index >= 15 is 0 Å². The van der Waals surface area contributed by atoms with Crippen LogP contribution >= 0.6 is 11.6 Å². The first-order valence-electron chi connectivity index (χ1n) is 7.02. The number of aromatic nitrogens is 2. The summed E-state index contributed by atoms with van der Waals surface area (Å²) in [5, 5.41) is 0.703.